The van der Waals surface area contributed by atoms with Gasteiger partial charge in [-0.05, 0) is 43.2 Å². The average molecular weight is 332 g/mol. The van der Waals surface area contributed by atoms with Gasteiger partial charge in [-0.25, -0.2) is 0 Å². The molecule has 0 aliphatic carbocycles. The van der Waals surface area contributed by atoms with Gasteiger partial charge in [-0.15, -0.1) is 0 Å². The molecule has 0 saturated heterocycles. The van der Waals surface area contributed by atoms with Crippen LogP contribution in [0.4, 0.5) is 0 Å². The van der Waals surface area contributed by atoms with Crippen LogP contribution in [0.3, 0.4) is 0 Å². The summed E-state index contributed by atoms with van der Waals surface area (Å²) in [6, 6.07) is 0. The van der Waals surface area contributed by atoms with Crippen LogP contribution in [-0.4, -0.2) is 40.8 Å². The quantitative estimate of drug-likeness (QED) is 0.719. The SMILES string of the molecule is CCOC(=O)CN(C)Cc1c(Br)c(CC)nn1CC. The number of carbonyl (C=O) groups is 1. The number of ether oxygens (including phenoxy) is 1. The Bertz CT molecular complexity index is 432. The summed E-state index contributed by atoms with van der Waals surface area (Å²) >= 11 is 3.60. The maximum Gasteiger partial charge on any atom is 0.320 e. The predicted molar refractivity (Wildman–Crippen MR) is 77.9 cm³/mol. The Hall–Kier alpha value is -0.880. The highest BCUT2D eigenvalue weighted by Gasteiger charge is 2.16. The van der Waals surface area contributed by atoms with Gasteiger partial charge < -0.3 is 4.74 Å². The lowest BCUT2D eigenvalue weighted by atomic mass is 10.3. The molecule has 0 aliphatic rings. The first-order valence-electron chi connectivity index (χ1n) is 6.61. The lowest BCUT2D eigenvalue weighted by Gasteiger charge is -2.16. The fourth-order valence-electron chi connectivity index (χ4n) is 1.91. The minimum atomic E-state index is -0.195. The van der Waals surface area contributed by atoms with Gasteiger partial charge in [-0.3, -0.25) is 14.4 Å². The predicted octanol–water partition coefficient (Wildman–Crippen LogP) is 2.22. The molecule has 1 rings (SSSR count). The summed E-state index contributed by atoms with van der Waals surface area (Å²) in [6.07, 6.45) is 0.891. The third-order valence-electron chi connectivity index (χ3n) is 2.82. The van der Waals surface area contributed by atoms with E-state index in [2.05, 4.69) is 34.9 Å². The van der Waals surface area contributed by atoms with Crippen molar-refractivity contribution in [1.82, 2.24) is 14.7 Å². The average Bonchev–Trinajstić information content (AvgIpc) is 2.66. The minimum absolute atomic E-state index is 0.195. The number of nitrogens with zero attached hydrogens (tertiary/aromatic N) is 3. The molecule has 1 aromatic heterocycles. The maximum absolute atomic E-state index is 11.4. The first-order valence-corrected chi connectivity index (χ1v) is 7.40. The fourth-order valence-corrected chi connectivity index (χ4v) is 2.60. The summed E-state index contributed by atoms with van der Waals surface area (Å²) in [5.41, 5.74) is 2.16. The highest BCUT2D eigenvalue weighted by molar-refractivity contribution is 9.10. The number of esters is 1. The molecular weight excluding hydrogens is 310 g/mol. The monoisotopic (exact) mass is 331 g/mol. The summed E-state index contributed by atoms with van der Waals surface area (Å²) in [4.78, 5) is 13.4. The first-order chi connectivity index (χ1) is 9.03. The van der Waals surface area contributed by atoms with E-state index in [0.29, 0.717) is 13.2 Å². The van der Waals surface area contributed by atoms with Gasteiger partial charge in [-0.1, -0.05) is 6.92 Å². The van der Waals surface area contributed by atoms with Crippen LogP contribution in [0.5, 0.6) is 0 Å². The van der Waals surface area contributed by atoms with Crippen LogP contribution in [-0.2, 0) is 29.0 Å². The Morgan fingerprint density at radius 1 is 1.42 bits per heavy atom. The van der Waals surface area contributed by atoms with E-state index in [0.717, 1.165) is 28.8 Å². The number of likely N-dealkylation sites (N-methyl/N-ethyl adjacent to an activating group) is 1. The van der Waals surface area contributed by atoms with Crippen LogP contribution in [0.15, 0.2) is 4.47 Å². The molecule has 0 amide bonds. The molecular formula is C13H22BrN3O2. The number of hydrogen-bond acceptors (Lipinski definition) is 4. The van der Waals surface area contributed by atoms with Gasteiger partial charge in [0.05, 0.1) is 29.0 Å². The normalized spacial score (nSPS) is 11.1. The highest BCUT2D eigenvalue weighted by atomic mass is 79.9. The van der Waals surface area contributed by atoms with Crippen LogP contribution in [0.2, 0.25) is 0 Å². The summed E-state index contributed by atoms with van der Waals surface area (Å²) < 4.78 is 7.97. The Labute approximate surface area is 123 Å². The molecule has 0 bridgehead atoms. The second-order valence-corrected chi connectivity index (χ2v) is 5.15. The van der Waals surface area contributed by atoms with Gasteiger partial charge in [0.1, 0.15) is 0 Å². The number of rotatable bonds is 7. The summed E-state index contributed by atoms with van der Waals surface area (Å²) in [6.45, 7) is 8.16. The first kappa shape index (κ1) is 16.2. The Kier molecular flexibility index (Phi) is 6.51. The number of aromatic nitrogens is 2. The topological polar surface area (TPSA) is 47.4 Å². The molecule has 1 heterocycles. The molecule has 1 aromatic rings. The number of carbonyl (C=O) groups excluding carboxylic acids is 1. The van der Waals surface area contributed by atoms with E-state index >= 15 is 0 Å². The summed E-state index contributed by atoms with van der Waals surface area (Å²) in [7, 11) is 1.90. The summed E-state index contributed by atoms with van der Waals surface area (Å²) in [5.74, 6) is -0.195. The van der Waals surface area contributed by atoms with Crippen molar-refractivity contribution in [2.75, 3.05) is 20.2 Å². The van der Waals surface area contributed by atoms with Gasteiger partial charge in [0.2, 0.25) is 0 Å². The Morgan fingerprint density at radius 2 is 2.11 bits per heavy atom. The fraction of sp³-hybridized carbons (Fsp3) is 0.692. The third-order valence-corrected chi connectivity index (χ3v) is 3.73. The van der Waals surface area contributed by atoms with E-state index in [1.165, 1.54) is 0 Å². The molecule has 0 radical (unpaired) electrons. The van der Waals surface area contributed by atoms with E-state index in [1.807, 2.05) is 23.6 Å². The Balaban J connectivity index is 2.75. The zero-order valence-corrected chi connectivity index (χ0v) is 13.7. The van der Waals surface area contributed by atoms with E-state index in [1.54, 1.807) is 0 Å². The molecule has 0 atom stereocenters. The lowest BCUT2D eigenvalue weighted by molar-refractivity contribution is -0.144. The molecule has 0 fully saturated rings. The minimum Gasteiger partial charge on any atom is -0.465 e. The van der Waals surface area contributed by atoms with E-state index < -0.39 is 0 Å². The second-order valence-electron chi connectivity index (χ2n) is 4.35. The molecule has 0 unspecified atom stereocenters. The number of aryl methyl sites for hydroxylation is 2. The third kappa shape index (κ3) is 4.31. The zero-order valence-electron chi connectivity index (χ0n) is 12.1. The lowest BCUT2D eigenvalue weighted by Crippen LogP contribution is -2.28. The molecule has 6 heteroatoms. The molecule has 5 nitrogen and oxygen atoms in total. The van der Waals surface area contributed by atoms with Gasteiger partial charge in [-0.2, -0.15) is 5.10 Å². The van der Waals surface area contributed by atoms with Crippen molar-refractivity contribution in [2.24, 2.45) is 0 Å². The van der Waals surface area contributed by atoms with Crippen molar-refractivity contribution in [3.63, 3.8) is 0 Å². The summed E-state index contributed by atoms with van der Waals surface area (Å²) in [5, 5.41) is 4.54. The van der Waals surface area contributed by atoms with E-state index in [4.69, 9.17) is 4.74 Å². The van der Waals surface area contributed by atoms with Gasteiger partial charge >= 0.3 is 5.97 Å². The number of halogens is 1. The smallest absolute Gasteiger partial charge is 0.320 e. The van der Waals surface area contributed by atoms with Crippen LogP contribution >= 0.6 is 15.9 Å². The van der Waals surface area contributed by atoms with Crippen LogP contribution in [0.1, 0.15) is 32.2 Å². The van der Waals surface area contributed by atoms with Gasteiger partial charge in [0.15, 0.2) is 0 Å². The second kappa shape index (κ2) is 7.65. The molecule has 108 valence electrons. The molecule has 19 heavy (non-hydrogen) atoms. The zero-order chi connectivity index (χ0) is 14.4. The van der Waals surface area contributed by atoms with Crippen molar-refractivity contribution >= 4 is 21.9 Å². The van der Waals surface area contributed by atoms with Crippen molar-refractivity contribution in [2.45, 2.75) is 40.3 Å². The molecule has 0 aromatic carbocycles. The molecule has 0 spiro atoms. The molecule has 0 N–H and O–H groups in total. The largest absolute Gasteiger partial charge is 0.465 e. The highest BCUT2D eigenvalue weighted by Crippen LogP contribution is 2.23. The van der Waals surface area contributed by atoms with Crippen molar-refractivity contribution in [3.8, 4) is 0 Å². The molecule has 0 saturated carbocycles. The van der Waals surface area contributed by atoms with E-state index in [9.17, 15) is 4.79 Å². The Morgan fingerprint density at radius 3 is 2.63 bits per heavy atom. The van der Waals surface area contributed by atoms with Gasteiger partial charge in [0, 0.05) is 13.1 Å². The molecule has 0 aliphatic heterocycles. The van der Waals surface area contributed by atoms with E-state index in [-0.39, 0.29) is 12.5 Å². The van der Waals surface area contributed by atoms with Crippen molar-refractivity contribution in [1.29, 1.82) is 0 Å². The standard InChI is InChI=1S/C13H22BrN3O2/c1-5-10-13(14)11(17(6-2)15-10)8-16(4)9-12(18)19-7-3/h5-9H2,1-4H3. The van der Waals surface area contributed by atoms with Crippen LogP contribution in [0.25, 0.3) is 0 Å². The number of hydrogen-bond donors (Lipinski definition) is 0. The maximum atomic E-state index is 11.4. The van der Waals surface area contributed by atoms with Crippen molar-refractivity contribution in [3.05, 3.63) is 15.9 Å². The van der Waals surface area contributed by atoms with Crippen LogP contribution < -0.4 is 0 Å². The van der Waals surface area contributed by atoms with Crippen LogP contribution in [0, 0.1) is 0 Å². The van der Waals surface area contributed by atoms with Crippen molar-refractivity contribution < 1.29 is 9.53 Å². The van der Waals surface area contributed by atoms with Gasteiger partial charge in [0.25, 0.3) is 0 Å².